The minimum Gasteiger partial charge on any atom is -0.408 e. The highest BCUT2D eigenvalue weighted by Gasteiger charge is 2.40. The van der Waals surface area contributed by atoms with Gasteiger partial charge in [-0.15, -0.1) is 0 Å². The third-order valence-electron chi connectivity index (χ3n) is 5.15. The molecule has 0 aliphatic rings. The Morgan fingerprint density at radius 1 is 0.846 bits per heavy atom. The predicted molar refractivity (Wildman–Crippen MR) is 117 cm³/mol. The van der Waals surface area contributed by atoms with Crippen LogP contribution in [-0.4, -0.2) is 39.8 Å². The number of benzene rings is 1. The van der Waals surface area contributed by atoms with E-state index >= 15 is 0 Å². The molecule has 2 N–H and O–H groups in total. The molecule has 150 valence electrons. The molecule has 0 radical (unpaired) electrons. The van der Waals surface area contributed by atoms with Crippen LogP contribution in [0.3, 0.4) is 0 Å². The van der Waals surface area contributed by atoms with Crippen molar-refractivity contribution in [3.8, 4) is 0 Å². The molecule has 1 aromatic carbocycles. The zero-order valence-electron chi connectivity index (χ0n) is 17.6. The molecule has 5 heteroatoms. The lowest BCUT2D eigenvalue weighted by molar-refractivity contribution is 0.0954. The Balaban J connectivity index is 2.96. The smallest absolute Gasteiger partial charge is 0.187 e. The second kappa shape index (κ2) is 10.8. The van der Waals surface area contributed by atoms with Gasteiger partial charge in [-0.3, -0.25) is 0 Å². The highest BCUT2D eigenvalue weighted by molar-refractivity contribution is 6.77. The first-order valence-electron chi connectivity index (χ1n) is 10.1. The van der Waals surface area contributed by atoms with Crippen molar-refractivity contribution in [2.24, 2.45) is 0 Å². The summed E-state index contributed by atoms with van der Waals surface area (Å²) in [7, 11) is -3.28. The fourth-order valence-electron chi connectivity index (χ4n) is 4.03. The summed E-state index contributed by atoms with van der Waals surface area (Å²) in [6, 6.07) is 14.1. The van der Waals surface area contributed by atoms with Crippen molar-refractivity contribution in [3.05, 3.63) is 35.9 Å². The zero-order chi connectivity index (χ0) is 19.7. The van der Waals surface area contributed by atoms with E-state index in [0.29, 0.717) is 6.61 Å². The number of rotatable bonds is 13. The Hall–Kier alpha value is -0.466. The standard InChI is InChI=1S/C21H40O3Si2/c1-21(20-13-7-6-8-14-20,19-25(2,3)17-11-9-15-22)24-26(4,5)18-12-10-16-23/h6-8,13-14,22-23H,9-12,15-19H2,1-5H3. The average Bonchev–Trinajstić information content (AvgIpc) is 2.54. The molecule has 0 saturated carbocycles. The van der Waals surface area contributed by atoms with Gasteiger partial charge in [0.2, 0.25) is 0 Å². The summed E-state index contributed by atoms with van der Waals surface area (Å²) in [4.78, 5) is 0. The van der Waals surface area contributed by atoms with Crippen LogP contribution in [0.4, 0.5) is 0 Å². The van der Waals surface area contributed by atoms with Crippen LogP contribution in [0.2, 0.25) is 44.3 Å². The van der Waals surface area contributed by atoms with Gasteiger partial charge in [0.05, 0.1) is 13.7 Å². The number of hydrogen-bond donors (Lipinski definition) is 2. The Bertz CT molecular complexity index is 479. The van der Waals surface area contributed by atoms with Crippen LogP contribution >= 0.6 is 0 Å². The van der Waals surface area contributed by atoms with Crippen LogP contribution < -0.4 is 0 Å². The first kappa shape index (κ1) is 23.6. The van der Waals surface area contributed by atoms with E-state index in [1.54, 1.807) is 0 Å². The zero-order valence-corrected chi connectivity index (χ0v) is 19.6. The Labute approximate surface area is 162 Å². The van der Waals surface area contributed by atoms with Gasteiger partial charge >= 0.3 is 0 Å². The highest BCUT2D eigenvalue weighted by atomic mass is 28.4. The molecule has 26 heavy (non-hydrogen) atoms. The van der Waals surface area contributed by atoms with Crippen molar-refractivity contribution in [2.75, 3.05) is 13.2 Å². The summed E-state index contributed by atoms with van der Waals surface area (Å²) >= 11 is 0. The molecule has 1 aromatic rings. The van der Waals surface area contributed by atoms with Gasteiger partial charge in [0.15, 0.2) is 8.32 Å². The average molecular weight is 397 g/mol. The second-order valence-corrected chi connectivity index (χ2v) is 18.6. The fourth-order valence-corrected chi connectivity index (χ4v) is 10.3. The van der Waals surface area contributed by atoms with Crippen molar-refractivity contribution >= 4 is 16.4 Å². The van der Waals surface area contributed by atoms with E-state index in [9.17, 15) is 0 Å². The maximum Gasteiger partial charge on any atom is 0.187 e. The van der Waals surface area contributed by atoms with Crippen molar-refractivity contribution in [2.45, 2.75) is 82.5 Å². The number of aliphatic hydroxyl groups excluding tert-OH is 2. The first-order chi connectivity index (χ1) is 12.1. The fraction of sp³-hybridized carbons (Fsp3) is 0.714. The number of hydrogen-bond acceptors (Lipinski definition) is 3. The van der Waals surface area contributed by atoms with Crippen LogP contribution in [0.25, 0.3) is 0 Å². The van der Waals surface area contributed by atoms with Crippen LogP contribution in [0, 0.1) is 0 Å². The van der Waals surface area contributed by atoms with Gasteiger partial charge in [0.25, 0.3) is 0 Å². The Morgan fingerprint density at radius 2 is 1.38 bits per heavy atom. The molecular weight excluding hydrogens is 356 g/mol. The molecule has 1 rings (SSSR count). The summed E-state index contributed by atoms with van der Waals surface area (Å²) in [5.41, 5.74) is 1.04. The SMILES string of the molecule is CC(C[Si](C)(C)CCCCO)(O[Si](C)(C)CCCCO)c1ccccc1. The summed E-state index contributed by atoms with van der Waals surface area (Å²) in [6.07, 6.45) is 3.92. The van der Waals surface area contributed by atoms with Gasteiger partial charge in [0, 0.05) is 13.2 Å². The quantitative estimate of drug-likeness (QED) is 0.348. The largest absolute Gasteiger partial charge is 0.408 e. The summed E-state index contributed by atoms with van der Waals surface area (Å²) in [5, 5.41) is 18.2. The molecule has 0 saturated heterocycles. The summed E-state index contributed by atoms with van der Waals surface area (Å²) < 4.78 is 6.94. The maximum atomic E-state index is 9.11. The van der Waals surface area contributed by atoms with E-state index in [4.69, 9.17) is 14.6 Å². The summed E-state index contributed by atoms with van der Waals surface area (Å²) in [6.45, 7) is 12.4. The van der Waals surface area contributed by atoms with E-state index in [2.05, 4.69) is 63.4 Å². The molecule has 0 amide bonds. The second-order valence-electron chi connectivity index (χ2n) is 9.16. The lowest BCUT2D eigenvalue weighted by Crippen LogP contribution is -2.45. The van der Waals surface area contributed by atoms with Crippen molar-refractivity contribution in [1.82, 2.24) is 0 Å². The maximum absolute atomic E-state index is 9.11. The van der Waals surface area contributed by atoms with E-state index in [1.165, 1.54) is 11.6 Å². The van der Waals surface area contributed by atoms with E-state index < -0.39 is 16.4 Å². The number of aliphatic hydroxyl groups is 2. The topological polar surface area (TPSA) is 49.7 Å². The molecule has 0 fully saturated rings. The molecule has 0 aromatic heterocycles. The van der Waals surface area contributed by atoms with Crippen LogP contribution in [0.1, 0.15) is 38.2 Å². The van der Waals surface area contributed by atoms with E-state index in [0.717, 1.165) is 37.8 Å². The van der Waals surface area contributed by atoms with Gasteiger partial charge in [-0.25, -0.2) is 0 Å². The van der Waals surface area contributed by atoms with Crippen LogP contribution in [0.15, 0.2) is 30.3 Å². The summed E-state index contributed by atoms with van der Waals surface area (Å²) in [5.74, 6) is 0. The van der Waals surface area contributed by atoms with Crippen LogP contribution in [-0.2, 0) is 10.0 Å². The molecule has 1 atom stereocenters. The molecule has 3 nitrogen and oxygen atoms in total. The molecule has 0 heterocycles. The molecule has 0 spiro atoms. The van der Waals surface area contributed by atoms with Gasteiger partial charge < -0.3 is 14.6 Å². The van der Waals surface area contributed by atoms with Crippen LogP contribution in [0.5, 0.6) is 0 Å². The van der Waals surface area contributed by atoms with E-state index in [1.807, 2.05) is 0 Å². The lowest BCUT2D eigenvalue weighted by Gasteiger charge is -2.42. The highest BCUT2D eigenvalue weighted by Crippen LogP contribution is 2.39. The predicted octanol–water partition coefficient (Wildman–Crippen LogP) is 5.38. The third kappa shape index (κ3) is 8.48. The van der Waals surface area contributed by atoms with Gasteiger partial charge in [-0.2, -0.15) is 0 Å². The molecule has 0 aliphatic heterocycles. The lowest BCUT2D eigenvalue weighted by atomic mass is 9.98. The van der Waals surface area contributed by atoms with E-state index in [-0.39, 0.29) is 12.2 Å². The molecule has 0 aliphatic carbocycles. The Kier molecular flexibility index (Phi) is 9.76. The Morgan fingerprint density at radius 3 is 1.92 bits per heavy atom. The molecule has 0 bridgehead atoms. The minimum atomic E-state index is -1.83. The number of unbranched alkanes of at least 4 members (excludes halogenated alkanes) is 2. The van der Waals surface area contributed by atoms with Gasteiger partial charge in [-0.1, -0.05) is 62.3 Å². The van der Waals surface area contributed by atoms with Gasteiger partial charge in [0.1, 0.15) is 0 Å². The van der Waals surface area contributed by atoms with Crippen molar-refractivity contribution in [1.29, 1.82) is 0 Å². The third-order valence-corrected chi connectivity index (χ3v) is 11.1. The molecular formula is C21H40O3Si2. The normalized spacial score (nSPS) is 15.0. The van der Waals surface area contributed by atoms with Gasteiger partial charge in [-0.05, 0) is 50.5 Å². The minimum absolute atomic E-state index is 0.245. The molecule has 1 unspecified atom stereocenters. The monoisotopic (exact) mass is 396 g/mol. The van der Waals surface area contributed by atoms with Crippen molar-refractivity contribution < 1.29 is 14.6 Å². The first-order valence-corrected chi connectivity index (χ1v) is 16.6. The van der Waals surface area contributed by atoms with Crippen molar-refractivity contribution in [3.63, 3.8) is 0 Å².